The van der Waals surface area contributed by atoms with E-state index in [4.69, 9.17) is 44.6 Å². The maximum atomic E-state index is 13.7. The number of benzene rings is 4. The van der Waals surface area contributed by atoms with Crippen LogP contribution in [-0.2, 0) is 48.9 Å². The van der Waals surface area contributed by atoms with Gasteiger partial charge in [0.2, 0.25) is 22.2 Å². The normalized spacial score (nSPS) is 14.1. The molecule has 0 aliphatic carbocycles. The van der Waals surface area contributed by atoms with Crippen molar-refractivity contribution in [1.82, 2.24) is 24.9 Å². The third-order valence-corrected chi connectivity index (χ3v) is 18.9. The summed E-state index contributed by atoms with van der Waals surface area (Å²) in [5, 5.41) is 41.0. The van der Waals surface area contributed by atoms with Crippen LogP contribution in [0.4, 0.5) is 79.3 Å². The van der Waals surface area contributed by atoms with E-state index in [0.29, 0.717) is 123 Å². The van der Waals surface area contributed by atoms with E-state index in [1.807, 2.05) is 61.8 Å². The van der Waals surface area contributed by atoms with Crippen LogP contribution >= 0.6 is 34.4 Å². The highest BCUT2D eigenvalue weighted by atomic mass is 32.2. The number of thiazole rings is 2. The molecule has 0 saturated carbocycles. The number of rotatable bonds is 29. The second-order valence-electron chi connectivity index (χ2n) is 20.9. The van der Waals surface area contributed by atoms with Gasteiger partial charge in [-0.15, -0.1) is 20.5 Å². The Morgan fingerprint density at radius 3 is 1.35 bits per heavy atom. The number of anilines is 10. The van der Waals surface area contributed by atoms with Crippen molar-refractivity contribution in [3.8, 4) is 0 Å². The number of hydrogen-bond donors (Lipinski definition) is 7. The molecule has 0 atom stereocenters. The minimum absolute atomic E-state index is 0.0212. The van der Waals surface area contributed by atoms with E-state index in [9.17, 15) is 50.2 Å². The number of carbonyl (C=O) groups excluding carboxylic acids is 4. The lowest BCUT2D eigenvalue weighted by Crippen LogP contribution is -2.36. The highest BCUT2D eigenvalue weighted by Crippen LogP contribution is 2.41. The van der Waals surface area contributed by atoms with Gasteiger partial charge in [-0.3, -0.25) is 28.3 Å². The molecule has 5 heterocycles. The van der Waals surface area contributed by atoms with E-state index in [-0.39, 0.29) is 62.2 Å². The second-order valence-corrected chi connectivity index (χ2v) is 26.9. The van der Waals surface area contributed by atoms with Crippen molar-refractivity contribution in [2.45, 2.75) is 56.5 Å². The zero-order chi connectivity index (χ0) is 68.7. The highest BCUT2D eigenvalue weighted by molar-refractivity contribution is 7.99. The number of ether oxygens (including phenoxy) is 2. The number of amides is 2. The van der Waals surface area contributed by atoms with Crippen LogP contribution in [0.1, 0.15) is 51.3 Å². The fourth-order valence-electron chi connectivity index (χ4n) is 9.78. The molecule has 30 nitrogen and oxygen atoms in total. The molecule has 7 N–H and O–H groups in total. The number of thioether (sulfide) groups is 1. The fraction of sp³-hybridized carbons (Fsp3) is 0.328. The summed E-state index contributed by atoms with van der Waals surface area (Å²) in [6.45, 7) is 16.3. The Bertz CT molecular complexity index is 4110. The average molecular weight is 1410 g/mol. The van der Waals surface area contributed by atoms with Crippen molar-refractivity contribution in [3.05, 3.63) is 106 Å². The van der Waals surface area contributed by atoms with Gasteiger partial charge in [-0.25, -0.2) is 0 Å². The molecule has 0 spiro atoms. The van der Waals surface area contributed by atoms with E-state index < -0.39 is 53.4 Å². The number of hydrogen-bond acceptors (Lipinski definition) is 29. The summed E-state index contributed by atoms with van der Waals surface area (Å²) in [7, 11) is -9.20. The first-order valence-corrected chi connectivity index (χ1v) is 35.6. The van der Waals surface area contributed by atoms with Crippen LogP contribution in [0, 0.1) is 0 Å². The van der Waals surface area contributed by atoms with Gasteiger partial charge in [0.25, 0.3) is 32.1 Å². The summed E-state index contributed by atoms with van der Waals surface area (Å²) in [4.78, 5) is 85.9. The first-order valence-electron chi connectivity index (χ1n) is 30.1. The van der Waals surface area contributed by atoms with E-state index in [0.717, 1.165) is 58.3 Å². The molecular formula is C61H69N17O13S5. The first kappa shape index (κ1) is 71.3. The Labute approximate surface area is 565 Å². The largest absolute Gasteiger partial charge is 0.396 e. The van der Waals surface area contributed by atoms with Gasteiger partial charge < -0.3 is 55.4 Å². The molecule has 9 rings (SSSR count). The van der Waals surface area contributed by atoms with Crippen LogP contribution in [0.25, 0.3) is 12.2 Å². The van der Waals surface area contributed by atoms with Crippen LogP contribution < -0.4 is 40.9 Å². The third kappa shape index (κ3) is 18.7. The summed E-state index contributed by atoms with van der Waals surface area (Å²) in [6.07, 6.45) is 2.78. The Morgan fingerprint density at radius 2 is 0.990 bits per heavy atom. The molecule has 2 aliphatic rings. The van der Waals surface area contributed by atoms with Crippen LogP contribution in [0.3, 0.4) is 0 Å². The smallest absolute Gasteiger partial charge is 0.294 e. The molecule has 3 aromatic heterocycles. The lowest BCUT2D eigenvalue weighted by atomic mass is 10.1. The molecule has 4 aromatic carbocycles. The number of nitrogens with one attached hydrogen (secondary N) is 4. The van der Waals surface area contributed by atoms with Crippen LogP contribution in [-0.4, -0.2) is 170 Å². The average Bonchev–Trinajstić information content (AvgIpc) is 1.81. The maximum Gasteiger partial charge on any atom is 0.294 e. The molecule has 35 heteroatoms. The predicted octanol–water partition coefficient (Wildman–Crippen LogP) is 10.3. The van der Waals surface area contributed by atoms with E-state index in [2.05, 4.69) is 41.3 Å². The molecule has 7 aromatic rings. The zero-order valence-corrected chi connectivity index (χ0v) is 57.0. The van der Waals surface area contributed by atoms with E-state index >= 15 is 0 Å². The summed E-state index contributed by atoms with van der Waals surface area (Å²) in [6, 6.07) is 21.0. The minimum atomic E-state index is -4.60. The molecule has 2 saturated heterocycles. The molecule has 2 aliphatic heterocycles. The van der Waals surface area contributed by atoms with Gasteiger partial charge in [-0.1, -0.05) is 46.6 Å². The molecule has 506 valence electrons. The summed E-state index contributed by atoms with van der Waals surface area (Å²) in [5.74, 6) is -1.66. The minimum Gasteiger partial charge on any atom is -0.396 e. The molecule has 2 fully saturated rings. The van der Waals surface area contributed by atoms with Gasteiger partial charge in [0.1, 0.15) is 23.0 Å². The number of aliphatic hydroxyl groups is 1. The van der Waals surface area contributed by atoms with Crippen molar-refractivity contribution >= 4 is 169 Å². The van der Waals surface area contributed by atoms with E-state index in [1.165, 1.54) is 62.0 Å². The lowest BCUT2D eigenvalue weighted by Gasteiger charge is -2.27. The Hall–Kier alpha value is -9.04. The molecular weight excluding hydrogens is 1340 g/mol. The van der Waals surface area contributed by atoms with Crippen molar-refractivity contribution < 1.29 is 59.7 Å². The lowest BCUT2D eigenvalue weighted by molar-refractivity contribution is -0.120. The van der Waals surface area contributed by atoms with Crippen molar-refractivity contribution in [2.24, 2.45) is 20.5 Å². The van der Waals surface area contributed by atoms with Gasteiger partial charge >= 0.3 is 0 Å². The van der Waals surface area contributed by atoms with Crippen LogP contribution in [0.5, 0.6) is 0 Å². The number of aromatic nitrogens is 5. The molecule has 2 amide bonds. The topological polar surface area (TPSA) is 391 Å². The SMILES string of the molecule is CCN(CC)c1ccc(N=Nc2nc(N3CCOCC3)c(/C=C(/C(C)=O)C(=O)Nc3cccc(S(=O)(=O)O)c3)s2)c(Nc2nc(Nc3cc(N(CC)CC)ccc3N=Nc3nc(N4CCOCC4)c(/C=C(\C(C)=O)C(=O)Nc4cccc(S(=O)(=O)O)c4)s3)nc(SCCO)n2)c1. The summed E-state index contributed by atoms with van der Waals surface area (Å²) in [5.41, 5.74) is 2.67. The Kier molecular flexibility index (Phi) is 24.2. The maximum absolute atomic E-state index is 13.7. The van der Waals surface area contributed by atoms with Crippen molar-refractivity contribution in [2.75, 3.05) is 132 Å². The monoisotopic (exact) mass is 1410 g/mol. The molecule has 0 radical (unpaired) electrons. The van der Waals surface area contributed by atoms with Gasteiger partial charge in [0.15, 0.2) is 16.7 Å². The molecule has 96 heavy (non-hydrogen) atoms. The standard InChI is InChI=1S/C61H69N17O13S5/c1-7-75(8-2)41-17-19-47(71-73-60-66-53(77-21-26-90-27-22-77)51(93-60)35-45(37(5)80)55(82)62-39-13-11-15-43(31-39)95(84,85)86)49(33-41)64-57-68-58(70-59(69-57)92-30-25-79)65-50-34-42(76(9-3)10-4)18-20-48(50)72-74-61-67-54(78-23-28-91-29-24-78)52(94-61)36-46(38(6)81)56(83)63-40-14-12-16-44(32-40)96(87,88)89/h11-20,31-36,79H,7-10,21-30H2,1-6H3,(H,62,82)(H,63,83)(H,84,85,86)(H,87,88,89)(H2,64,65,68,69,70)/b45-35-,46-36+,73-71?,74-72?. The van der Waals surface area contributed by atoms with Gasteiger partial charge in [-0.2, -0.15) is 41.8 Å². The predicted molar refractivity (Wildman–Crippen MR) is 370 cm³/mol. The quantitative estimate of drug-likeness (QED) is 0.00572. The first-order chi connectivity index (χ1) is 46.0. The second kappa shape index (κ2) is 32.6. The van der Waals surface area contributed by atoms with E-state index in [1.54, 1.807) is 12.1 Å². The van der Waals surface area contributed by atoms with Crippen molar-refractivity contribution in [3.63, 3.8) is 0 Å². The Balaban J connectivity index is 1.06. The number of Topliss-reactive ketones (excluding diaryl/α,β-unsaturated/α-hetero) is 2. The molecule has 0 bridgehead atoms. The number of morpholine rings is 2. The fourth-order valence-corrected chi connectivity index (χ4v) is 13.1. The number of aliphatic hydroxyl groups excluding tert-OH is 1. The van der Waals surface area contributed by atoms with Gasteiger partial charge in [-0.05, 0) is 126 Å². The number of nitrogens with zero attached hydrogens (tertiary/aromatic N) is 13. The Morgan fingerprint density at radius 1 is 0.583 bits per heavy atom. The summed E-state index contributed by atoms with van der Waals surface area (Å²) >= 11 is 3.31. The zero-order valence-electron chi connectivity index (χ0n) is 52.9. The highest BCUT2D eigenvalue weighted by Gasteiger charge is 2.26. The van der Waals surface area contributed by atoms with Gasteiger partial charge in [0, 0.05) is 80.9 Å². The summed E-state index contributed by atoms with van der Waals surface area (Å²) < 4.78 is 78.0. The molecule has 0 unspecified atom stereocenters. The number of carbonyl (C=O) groups is 4. The number of ketones is 2. The van der Waals surface area contributed by atoms with Gasteiger partial charge in [0.05, 0.1) is 75.1 Å². The third-order valence-electron chi connectivity index (χ3n) is 14.6. The van der Waals surface area contributed by atoms with Crippen molar-refractivity contribution in [1.29, 1.82) is 0 Å². The van der Waals surface area contributed by atoms with Crippen LogP contribution in [0.15, 0.2) is 131 Å². The van der Waals surface area contributed by atoms with Crippen LogP contribution in [0.2, 0.25) is 0 Å². The number of azo groups is 2.